The molecular formula is C21H25N3O4. The van der Waals surface area contributed by atoms with Crippen LogP contribution < -0.4 is 0 Å². The van der Waals surface area contributed by atoms with Gasteiger partial charge in [-0.1, -0.05) is 27.7 Å². The van der Waals surface area contributed by atoms with Gasteiger partial charge in [0.1, 0.15) is 0 Å². The van der Waals surface area contributed by atoms with Crippen LogP contribution in [0.4, 0.5) is 4.79 Å². The Kier molecular flexibility index (Phi) is 5.02. The molecule has 0 radical (unpaired) electrons. The summed E-state index contributed by atoms with van der Waals surface area (Å²) in [6, 6.07) is 8.96. The number of fused-ring (bicyclic) bond motifs is 1. The van der Waals surface area contributed by atoms with Gasteiger partial charge in [-0.25, -0.2) is 18.8 Å². The molecular weight excluding hydrogens is 358 g/mol. The lowest BCUT2D eigenvalue weighted by Crippen LogP contribution is -2.13. The molecule has 28 heavy (non-hydrogen) atoms. The van der Waals surface area contributed by atoms with E-state index in [2.05, 4.69) is 5.10 Å². The van der Waals surface area contributed by atoms with Crippen molar-refractivity contribution in [2.75, 3.05) is 6.61 Å². The fraction of sp³-hybridized carbons (Fsp3) is 0.381. The Bertz CT molecular complexity index is 1050. The van der Waals surface area contributed by atoms with E-state index in [1.165, 1.54) is 4.57 Å². The normalized spacial score (nSPS) is 11.8. The van der Waals surface area contributed by atoms with Crippen LogP contribution in [-0.4, -0.2) is 38.1 Å². The van der Waals surface area contributed by atoms with Crippen LogP contribution in [0.15, 0.2) is 30.3 Å². The second-order valence-electron chi connectivity index (χ2n) is 7.65. The highest BCUT2D eigenvalue weighted by Crippen LogP contribution is 2.27. The summed E-state index contributed by atoms with van der Waals surface area (Å²) in [6.07, 6.45) is -0.415. The first-order valence-corrected chi connectivity index (χ1v) is 9.33. The summed E-state index contributed by atoms with van der Waals surface area (Å²) in [5.41, 5.74) is 2.87. The molecule has 7 nitrogen and oxygen atoms in total. The highest BCUT2D eigenvalue weighted by molar-refractivity contribution is 5.92. The molecule has 0 aliphatic carbocycles. The number of hydrogen-bond donors (Lipinski definition) is 1. The molecule has 0 fully saturated rings. The number of ether oxygens (including phenoxy) is 1. The maximum absolute atomic E-state index is 12.5. The second kappa shape index (κ2) is 7.14. The molecule has 0 unspecified atom stereocenters. The van der Waals surface area contributed by atoms with Crippen LogP contribution in [0.1, 0.15) is 56.5 Å². The summed E-state index contributed by atoms with van der Waals surface area (Å²) >= 11 is 0. The largest absolute Gasteiger partial charge is 0.464 e. The number of rotatable bonds is 4. The predicted molar refractivity (Wildman–Crippen MR) is 107 cm³/mol. The molecule has 1 aromatic carbocycles. The fourth-order valence-electron chi connectivity index (χ4n) is 3.17. The molecule has 0 aliphatic rings. The van der Waals surface area contributed by atoms with Gasteiger partial charge in [-0.05, 0) is 43.7 Å². The molecule has 2 heterocycles. The molecule has 148 valence electrons. The number of benzene rings is 1. The van der Waals surface area contributed by atoms with Gasteiger partial charge in [-0.15, -0.1) is 0 Å². The van der Waals surface area contributed by atoms with Crippen LogP contribution in [0.2, 0.25) is 0 Å². The van der Waals surface area contributed by atoms with Crippen LogP contribution in [0.5, 0.6) is 0 Å². The number of nitrogens with zero attached hydrogens (tertiary/aromatic N) is 3. The minimum atomic E-state index is -1.01. The zero-order chi connectivity index (χ0) is 20.6. The molecule has 2 aromatic heterocycles. The Labute approximate surface area is 163 Å². The smallest absolute Gasteiger partial charge is 0.416 e. The van der Waals surface area contributed by atoms with E-state index in [0.717, 1.165) is 11.1 Å². The predicted octanol–water partition coefficient (Wildman–Crippen LogP) is 4.39. The van der Waals surface area contributed by atoms with Crippen molar-refractivity contribution in [2.24, 2.45) is 0 Å². The lowest BCUT2D eigenvalue weighted by molar-refractivity contribution is 0.0515. The van der Waals surface area contributed by atoms with E-state index in [1.54, 1.807) is 29.8 Å². The SMILES string of the molecule is CCOC(=O)c1cc(C(C)(C)C)nn1-c1ccc2c(c1)cc(CC)n2C(=O)O. The standard InChI is InChI=1S/C21H25N3O4/c1-6-14-10-13-11-15(8-9-16(13)23(14)20(26)27)24-17(19(25)28-7-2)12-18(22-24)21(3,4)5/h8-12H,6-7H2,1-5H3,(H,26,27). The van der Waals surface area contributed by atoms with E-state index < -0.39 is 12.1 Å². The number of aromatic nitrogens is 3. The summed E-state index contributed by atoms with van der Waals surface area (Å²) in [4.78, 5) is 24.1. The van der Waals surface area contributed by atoms with Gasteiger partial charge in [0.15, 0.2) is 5.69 Å². The van der Waals surface area contributed by atoms with E-state index in [1.807, 2.05) is 39.8 Å². The molecule has 0 atom stereocenters. The third-order valence-corrected chi connectivity index (χ3v) is 4.62. The summed E-state index contributed by atoms with van der Waals surface area (Å²) < 4.78 is 8.05. The molecule has 0 bridgehead atoms. The Morgan fingerprint density at radius 3 is 2.43 bits per heavy atom. The summed E-state index contributed by atoms with van der Waals surface area (Å²) in [5, 5.41) is 14.9. The van der Waals surface area contributed by atoms with Crippen LogP contribution in [0.25, 0.3) is 16.6 Å². The molecule has 1 N–H and O–H groups in total. The van der Waals surface area contributed by atoms with Crippen molar-refractivity contribution in [3.8, 4) is 5.69 Å². The van der Waals surface area contributed by atoms with E-state index in [0.29, 0.717) is 29.0 Å². The lowest BCUT2D eigenvalue weighted by atomic mass is 9.92. The molecule has 0 amide bonds. The Balaban J connectivity index is 2.19. The maximum atomic E-state index is 12.5. The maximum Gasteiger partial charge on any atom is 0.416 e. The number of aryl methyl sites for hydroxylation is 1. The summed E-state index contributed by atoms with van der Waals surface area (Å²) in [6.45, 7) is 10.0. The molecule has 0 spiro atoms. The fourth-order valence-corrected chi connectivity index (χ4v) is 3.17. The Morgan fingerprint density at radius 2 is 1.86 bits per heavy atom. The van der Waals surface area contributed by atoms with Gasteiger partial charge in [-0.3, -0.25) is 0 Å². The minimum Gasteiger partial charge on any atom is -0.464 e. The molecule has 3 aromatic rings. The lowest BCUT2D eigenvalue weighted by Gasteiger charge is -2.14. The van der Waals surface area contributed by atoms with Gasteiger partial charge >= 0.3 is 12.1 Å². The first-order valence-electron chi connectivity index (χ1n) is 9.33. The van der Waals surface area contributed by atoms with Crippen molar-refractivity contribution in [3.63, 3.8) is 0 Å². The third kappa shape index (κ3) is 3.40. The van der Waals surface area contributed by atoms with Crippen LogP contribution >= 0.6 is 0 Å². The van der Waals surface area contributed by atoms with Crippen molar-refractivity contribution in [2.45, 2.75) is 46.5 Å². The van der Waals surface area contributed by atoms with Gasteiger partial charge in [0.2, 0.25) is 0 Å². The monoisotopic (exact) mass is 383 g/mol. The topological polar surface area (TPSA) is 86.4 Å². The van der Waals surface area contributed by atoms with Gasteiger partial charge in [0, 0.05) is 16.5 Å². The van der Waals surface area contributed by atoms with Crippen molar-refractivity contribution in [1.29, 1.82) is 0 Å². The summed E-state index contributed by atoms with van der Waals surface area (Å²) in [7, 11) is 0. The number of hydrogen-bond acceptors (Lipinski definition) is 4. The van der Waals surface area contributed by atoms with E-state index in [4.69, 9.17) is 4.74 Å². The molecule has 0 saturated heterocycles. The van der Waals surface area contributed by atoms with Crippen molar-refractivity contribution in [3.05, 3.63) is 47.4 Å². The molecule has 7 heteroatoms. The van der Waals surface area contributed by atoms with Crippen molar-refractivity contribution >= 4 is 23.0 Å². The average Bonchev–Trinajstić information content (AvgIpc) is 3.22. The molecule has 3 rings (SSSR count). The highest BCUT2D eigenvalue weighted by Gasteiger charge is 2.25. The quantitative estimate of drug-likeness (QED) is 0.675. The van der Waals surface area contributed by atoms with E-state index >= 15 is 0 Å². The van der Waals surface area contributed by atoms with Crippen molar-refractivity contribution < 1.29 is 19.4 Å². The first-order chi connectivity index (χ1) is 13.2. The zero-order valence-corrected chi connectivity index (χ0v) is 16.8. The number of carboxylic acid groups (broad SMARTS) is 1. The third-order valence-electron chi connectivity index (χ3n) is 4.62. The Morgan fingerprint density at radius 1 is 1.14 bits per heavy atom. The van der Waals surface area contributed by atoms with Gasteiger partial charge < -0.3 is 9.84 Å². The average molecular weight is 383 g/mol. The van der Waals surface area contributed by atoms with Gasteiger partial charge in [0.25, 0.3) is 0 Å². The van der Waals surface area contributed by atoms with Crippen LogP contribution in [-0.2, 0) is 16.6 Å². The zero-order valence-electron chi connectivity index (χ0n) is 16.8. The van der Waals surface area contributed by atoms with Crippen molar-refractivity contribution in [1.82, 2.24) is 14.3 Å². The second-order valence-corrected chi connectivity index (χ2v) is 7.65. The first kappa shape index (κ1) is 19.7. The van der Waals surface area contributed by atoms with E-state index in [-0.39, 0.29) is 12.0 Å². The summed E-state index contributed by atoms with van der Waals surface area (Å²) in [5.74, 6) is -0.442. The van der Waals surface area contributed by atoms with Crippen LogP contribution in [0.3, 0.4) is 0 Å². The highest BCUT2D eigenvalue weighted by atomic mass is 16.5. The van der Waals surface area contributed by atoms with E-state index in [9.17, 15) is 14.7 Å². The van der Waals surface area contributed by atoms with Gasteiger partial charge in [-0.2, -0.15) is 5.10 Å². The molecule has 0 saturated carbocycles. The number of esters is 1. The number of carbonyl (C=O) groups excluding carboxylic acids is 1. The van der Waals surface area contributed by atoms with Gasteiger partial charge in [0.05, 0.1) is 23.5 Å². The number of carbonyl (C=O) groups is 2. The molecule has 0 aliphatic heterocycles. The van der Waals surface area contributed by atoms with Crippen LogP contribution in [0, 0.1) is 0 Å². The minimum absolute atomic E-state index is 0.237. The Hall–Kier alpha value is -3.09.